The molecule has 1 N–H and O–H groups in total. The molecule has 3 rings (SSSR count). The van der Waals surface area contributed by atoms with Crippen LogP contribution in [0, 0.1) is 13.8 Å². The number of pyridine rings is 2. The summed E-state index contributed by atoms with van der Waals surface area (Å²) in [4.78, 5) is 9.15. The highest BCUT2D eigenvalue weighted by atomic mass is 14.9. The number of aryl methyl sites for hydroxylation is 2. The van der Waals surface area contributed by atoms with Gasteiger partial charge >= 0.3 is 0 Å². The Kier molecular flexibility index (Phi) is 3.67. The first-order valence-corrected chi connectivity index (χ1v) is 7.16. The molecule has 1 unspecified atom stereocenters. The monoisotopic (exact) mass is 277 g/mol. The van der Waals surface area contributed by atoms with E-state index in [2.05, 4.69) is 58.6 Å². The smallest absolute Gasteiger partial charge is 0.0753 e. The van der Waals surface area contributed by atoms with Crippen molar-refractivity contribution in [2.24, 2.45) is 0 Å². The molecule has 3 aromatic rings. The molecular formula is C18H19N3. The normalized spacial score (nSPS) is 12.5. The van der Waals surface area contributed by atoms with Gasteiger partial charge in [0.15, 0.2) is 0 Å². The Bertz CT molecular complexity index is 775. The summed E-state index contributed by atoms with van der Waals surface area (Å²) < 4.78 is 0. The second kappa shape index (κ2) is 5.62. The van der Waals surface area contributed by atoms with Crippen LogP contribution in [0.1, 0.15) is 28.6 Å². The predicted molar refractivity (Wildman–Crippen MR) is 86.4 cm³/mol. The van der Waals surface area contributed by atoms with Crippen LogP contribution in [-0.4, -0.2) is 17.0 Å². The van der Waals surface area contributed by atoms with Crippen molar-refractivity contribution in [3.63, 3.8) is 0 Å². The molecule has 1 aromatic carbocycles. The van der Waals surface area contributed by atoms with Gasteiger partial charge in [0.1, 0.15) is 0 Å². The summed E-state index contributed by atoms with van der Waals surface area (Å²) in [5, 5.41) is 4.57. The first-order chi connectivity index (χ1) is 10.2. The molecule has 3 heteroatoms. The maximum Gasteiger partial charge on any atom is 0.0753 e. The van der Waals surface area contributed by atoms with Crippen LogP contribution in [-0.2, 0) is 0 Å². The second-order valence-electron chi connectivity index (χ2n) is 5.27. The average molecular weight is 277 g/mol. The van der Waals surface area contributed by atoms with E-state index in [1.54, 1.807) is 0 Å². The van der Waals surface area contributed by atoms with E-state index in [-0.39, 0.29) is 6.04 Å². The number of nitrogens with zero attached hydrogens (tertiary/aromatic N) is 2. The minimum absolute atomic E-state index is 0.0942. The number of rotatable bonds is 3. The summed E-state index contributed by atoms with van der Waals surface area (Å²) in [5.74, 6) is 0. The molecule has 0 aliphatic heterocycles. The lowest BCUT2D eigenvalue weighted by Gasteiger charge is -2.20. The lowest BCUT2D eigenvalue weighted by molar-refractivity contribution is 0.685. The third kappa shape index (κ3) is 2.52. The van der Waals surface area contributed by atoms with Crippen molar-refractivity contribution in [3.05, 3.63) is 71.2 Å². The fraction of sp³-hybridized carbons (Fsp3) is 0.222. The van der Waals surface area contributed by atoms with E-state index in [4.69, 9.17) is 0 Å². The number of para-hydroxylation sites is 1. The number of fused-ring (bicyclic) bond motifs is 1. The van der Waals surface area contributed by atoms with Gasteiger partial charge in [0.05, 0.1) is 11.6 Å². The number of hydrogen-bond donors (Lipinski definition) is 1. The molecular weight excluding hydrogens is 258 g/mol. The quantitative estimate of drug-likeness (QED) is 0.795. The van der Waals surface area contributed by atoms with Crippen molar-refractivity contribution in [3.8, 4) is 0 Å². The van der Waals surface area contributed by atoms with Crippen LogP contribution < -0.4 is 5.32 Å². The maximum atomic E-state index is 4.59. The highest BCUT2D eigenvalue weighted by molar-refractivity contribution is 5.82. The van der Waals surface area contributed by atoms with Gasteiger partial charge in [0.2, 0.25) is 0 Å². The Hall–Kier alpha value is -2.26. The van der Waals surface area contributed by atoms with Gasteiger partial charge < -0.3 is 5.32 Å². The Balaban J connectivity index is 2.18. The Morgan fingerprint density at radius 2 is 1.76 bits per heavy atom. The molecule has 106 valence electrons. The lowest BCUT2D eigenvalue weighted by atomic mass is 9.95. The van der Waals surface area contributed by atoms with Crippen molar-refractivity contribution in [1.29, 1.82) is 0 Å². The van der Waals surface area contributed by atoms with Crippen LogP contribution in [0.25, 0.3) is 10.9 Å². The van der Waals surface area contributed by atoms with Gasteiger partial charge in [-0.3, -0.25) is 9.97 Å². The fourth-order valence-corrected chi connectivity index (χ4v) is 2.84. The molecule has 0 saturated carbocycles. The zero-order valence-electron chi connectivity index (χ0n) is 12.6. The third-order valence-corrected chi connectivity index (χ3v) is 3.84. The minimum Gasteiger partial charge on any atom is -0.309 e. The van der Waals surface area contributed by atoms with Crippen LogP contribution >= 0.6 is 0 Å². The van der Waals surface area contributed by atoms with Gasteiger partial charge in [-0.15, -0.1) is 0 Å². The van der Waals surface area contributed by atoms with Crippen molar-refractivity contribution >= 4 is 10.9 Å². The molecule has 0 amide bonds. The van der Waals surface area contributed by atoms with E-state index in [0.29, 0.717) is 0 Å². The molecule has 0 bridgehead atoms. The summed E-state index contributed by atoms with van der Waals surface area (Å²) in [7, 11) is 1.98. The zero-order chi connectivity index (χ0) is 14.8. The molecule has 1 atom stereocenters. The van der Waals surface area contributed by atoms with Crippen LogP contribution in [0.5, 0.6) is 0 Å². The van der Waals surface area contributed by atoms with Gasteiger partial charge in [0, 0.05) is 23.0 Å². The summed E-state index contributed by atoms with van der Waals surface area (Å²) >= 11 is 0. The molecule has 2 aromatic heterocycles. The first-order valence-electron chi connectivity index (χ1n) is 7.16. The molecule has 2 heterocycles. The molecule has 3 nitrogen and oxygen atoms in total. The molecule has 0 fully saturated rings. The standard InChI is InChI=1S/C18H19N3/c1-12-9-10-15(13(2)21-12)18(19-3)16-8-4-6-14-7-5-11-20-17(14)16/h4-11,18-19H,1-3H3. The van der Waals surface area contributed by atoms with E-state index in [0.717, 1.165) is 22.3 Å². The molecule has 0 radical (unpaired) electrons. The number of hydrogen-bond acceptors (Lipinski definition) is 3. The lowest BCUT2D eigenvalue weighted by Crippen LogP contribution is -2.19. The Morgan fingerprint density at radius 3 is 2.52 bits per heavy atom. The van der Waals surface area contributed by atoms with Gasteiger partial charge in [0.25, 0.3) is 0 Å². The highest BCUT2D eigenvalue weighted by Crippen LogP contribution is 2.28. The van der Waals surface area contributed by atoms with E-state index < -0.39 is 0 Å². The minimum atomic E-state index is 0.0942. The molecule has 0 aliphatic carbocycles. The van der Waals surface area contributed by atoms with Crippen molar-refractivity contribution < 1.29 is 0 Å². The van der Waals surface area contributed by atoms with Crippen LogP contribution in [0.4, 0.5) is 0 Å². The van der Waals surface area contributed by atoms with Gasteiger partial charge in [-0.05, 0) is 44.2 Å². The third-order valence-electron chi connectivity index (χ3n) is 3.84. The first kappa shape index (κ1) is 13.7. The SMILES string of the molecule is CNC(c1ccc(C)nc1C)c1cccc2cccnc12. The maximum absolute atomic E-state index is 4.59. The summed E-state index contributed by atoms with van der Waals surface area (Å²) in [5.41, 5.74) is 5.52. The van der Waals surface area contributed by atoms with Gasteiger partial charge in [-0.1, -0.05) is 30.3 Å². The Labute approximate surface area is 125 Å². The number of nitrogens with one attached hydrogen (secondary N) is 1. The molecule has 0 aliphatic rings. The van der Waals surface area contributed by atoms with Crippen molar-refractivity contribution in [2.75, 3.05) is 7.05 Å². The largest absolute Gasteiger partial charge is 0.309 e. The fourth-order valence-electron chi connectivity index (χ4n) is 2.84. The van der Waals surface area contributed by atoms with E-state index in [1.807, 2.05) is 26.2 Å². The molecule has 0 spiro atoms. The second-order valence-corrected chi connectivity index (χ2v) is 5.27. The van der Waals surface area contributed by atoms with E-state index in [1.165, 1.54) is 11.1 Å². The molecule has 21 heavy (non-hydrogen) atoms. The highest BCUT2D eigenvalue weighted by Gasteiger charge is 2.17. The van der Waals surface area contributed by atoms with Gasteiger partial charge in [-0.2, -0.15) is 0 Å². The zero-order valence-corrected chi connectivity index (χ0v) is 12.6. The van der Waals surface area contributed by atoms with Crippen molar-refractivity contribution in [1.82, 2.24) is 15.3 Å². The summed E-state index contributed by atoms with van der Waals surface area (Å²) in [6, 6.07) is 14.7. The topological polar surface area (TPSA) is 37.8 Å². The van der Waals surface area contributed by atoms with Gasteiger partial charge in [-0.25, -0.2) is 0 Å². The van der Waals surface area contributed by atoms with E-state index >= 15 is 0 Å². The summed E-state index contributed by atoms with van der Waals surface area (Å²) in [6.07, 6.45) is 1.85. The average Bonchev–Trinajstić information content (AvgIpc) is 2.50. The summed E-state index contributed by atoms with van der Waals surface area (Å²) in [6.45, 7) is 4.08. The molecule has 0 saturated heterocycles. The Morgan fingerprint density at radius 1 is 0.952 bits per heavy atom. The predicted octanol–water partition coefficient (Wildman–Crippen LogP) is 3.56. The van der Waals surface area contributed by atoms with Crippen molar-refractivity contribution in [2.45, 2.75) is 19.9 Å². The number of aromatic nitrogens is 2. The van der Waals surface area contributed by atoms with Crippen LogP contribution in [0.3, 0.4) is 0 Å². The van der Waals surface area contributed by atoms with E-state index in [9.17, 15) is 0 Å². The van der Waals surface area contributed by atoms with Crippen LogP contribution in [0.15, 0.2) is 48.7 Å². The number of benzene rings is 1. The van der Waals surface area contributed by atoms with Crippen LogP contribution in [0.2, 0.25) is 0 Å².